The fourth-order valence-electron chi connectivity index (χ4n) is 1.89. The Morgan fingerprint density at radius 3 is 2.53 bits per heavy atom. The maximum absolute atomic E-state index is 11.6. The lowest BCUT2D eigenvalue weighted by Gasteiger charge is -2.31. The summed E-state index contributed by atoms with van der Waals surface area (Å²) >= 11 is 0. The average molecular weight is 264 g/mol. The number of hydrogen-bond donors (Lipinski definition) is 3. The number of benzene rings is 1. The molecule has 0 saturated carbocycles. The highest BCUT2D eigenvalue weighted by Gasteiger charge is 2.45. The van der Waals surface area contributed by atoms with Crippen LogP contribution >= 0.6 is 0 Å². The number of carbonyl (C=O) groups is 2. The molecular weight excluding hydrogens is 248 g/mol. The van der Waals surface area contributed by atoms with Gasteiger partial charge in [-0.25, -0.2) is 4.79 Å². The maximum Gasteiger partial charge on any atom is 0.322 e. The number of aliphatic hydroxyl groups excluding tert-OH is 1. The summed E-state index contributed by atoms with van der Waals surface area (Å²) < 4.78 is 5.64. The number of amides is 3. The first-order valence-corrected chi connectivity index (χ1v) is 5.95. The summed E-state index contributed by atoms with van der Waals surface area (Å²) in [5, 5.41) is 14.0. The van der Waals surface area contributed by atoms with Crippen molar-refractivity contribution in [2.45, 2.75) is 25.2 Å². The minimum Gasteiger partial charge on any atom is -0.393 e. The van der Waals surface area contributed by atoms with Crippen LogP contribution in [-0.2, 0) is 16.1 Å². The van der Waals surface area contributed by atoms with Crippen molar-refractivity contribution in [3.8, 4) is 0 Å². The molecule has 1 aliphatic rings. The third-order valence-electron chi connectivity index (χ3n) is 3.11. The molecule has 1 aromatic carbocycles. The van der Waals surface area contributed by atoms with E-state index in [-0.39, 0.29) is 13.2 Å². The van der Waals surface area contributed by atoms with E-state index in [0.29, 0.717) is 0 Å². The third kappa shape index (κ3) is 2.91. The molecule has 2 rings (SSSR count). The van der Waals surface area contributed by atoms with Crippen molar-refractivity contribution < 1.29 is 19.4 Å². The van der Waals surface area contributed by atoms with E-state index in [1.54, 1.807) is 6.92 Å². The smallest absolute Gasteiger partial charge is 0.322 e. The van der Waals surface area contributed by atoms with Gasteiger partial charge in [0, 0.05) is 0 Å². The summed E-state index contributed by atoms with van der Waals surface area (Å²) in [6, 6.07) is 7.93. The fourth-order valence-corrected chi connectivity index (χ4v) is 1.89. The van der Waals surface area contributed by atoms with E-state index in [0.717, 1.165) is 5.56 Å². The van der Waals surface area contributed by atoms with Crippen molar-refractivity contribution in [3.63, 3.8) is 0 Å². The molecule has 0 bridgehead atoms. The lowest BCUT2D eigenvalue weighted by atomic mass is 9.97. The van der Waals surface area contributed by atoms with E-state index >= 15 is 0 Å². The summed E-state index contributed by atoms with van der Waals surface area (Å²) in [7, 11) is 0. The maximum atomic E-state index is 11.6. The molecule has 6 heteroatoms. The summed E-state index contributed by atoms with van der Waals surface area (Å²) in [5.41, 5.74) is -0.238. The first kappa shape index (κ1) is 13.5. The van der Waals surface area contributed by atoms with Gasteiger partial charge < -0.3 is 15.2 Å². The molecule has 0 aromatic heterocycles. The molecule has 1 aliphatic heterocycles. The first-order valence-electron chi connectivity index (χ1n) is 5.95. The minimum atomic E-state index is -1.16. The fraction of sp³-hybridized carbons (Fsp3) is 0.385. The Labute approximate surface area is 110 Å². The molecule has 0 aliphatic carbocycles. The zero-order valence-electron chi connectivity index (χ0n) is 10.6. The van der Waals surface area contributed by atoms with Gasteiger partial charge >= 0.3 is 6.03 Å². The van der Waals surface area contributed by atoms with Gasteiger partial charge in [0.05, 0.1) is 13.2 Å². The average Bonchev–Trinajstić information content (AvgIpc) is 2.77. The zero-order valence-corrected chi connectivity index (χ0v) is 10.6. The largest absolute Gasteiger partial charge is 0.393 e. The number of nitrogens with one attached hydrogen (secondary N) is 2. The Morgan fingerprint density at radius 2 is 2.00 bits per heavy atom. The van der Waals surface area contributed by atoms with Crippen LogP contribution in [0.2, 0.25) is 0 Å². The van der Waals surface area contributed by atoms with Crippen molar-refractivity contribution in [2.75, 3.05) is 6.61 Å². The Balaban J connectivity index is 2.06. The highest BCUT2D eigenvalue weighted by Crippen LogP contribution is 2.20. The van der Waals surface area contributed by atoms with Crippen molar-refractivity contribution in [2.24, 2.45) is 0 Å². The molecule has 2 atom stereocenters. The molecule has 0 spiro atoms. The van der Waals surface area contributed by atoms with Crippen LogP contribution < -0.4 is 10.6 Å². The number of ether oxygens (including phenoxy) is 1. The summed E-state index contributed by atoms with van der Waals surface area (Å²) in [6.07, 6.45) is 0. The van der Waals surface area contributed by atoms with E-state index in [1.165, 1.54) is 0 Å². The molecule has 1 heterocycles. The van der Waals surface area contributed by atoms with E-state index in [4.69, 9.17) is 4.74 Å². The quantitative estimate of drug-likeness (QED) is 0.661. The predicted octanol–water partition coefficient (Wildman–Crippen LogP) is 0.162. The van der Waals surface area contributed by atoms with Gasteiger partial charge in [0.1, 0.15) is 11.6 Å². The summed E-state index contributed by atoms with van der Waals surface area (Å²) in [5.74, 6) is -0.491. The topological polar surface area (TPSA) is 87.7 Å². The molecule has 1 saturated heterocycles. The van der Waals surface area contributed by atoms with Gasteiger partial charge in [-0.3, -0.25) is 10.1 Å². The number of hydrogen-bond acceptors (Lipinski definition) is 4. The van der Waals surface area contributed by atoms with Crippen LogP contribution in [0.5, 0.6) is 0 Å². The van der Waals surface area contributed by atoms with E-state index in [1.807, 2.05) is 30.3 Å². The Hall–Kier alpha value is -1.92. The van der Waals surface area contributed by atoms with Crippen LogP contribution in [0.25, 0.3) is 0 Å². The number of aliphatic hydroxyl groups is 1. The number of rotatable bonds is 5. The van der Waals surface area contributed by atoms with Gasteiger partial charge in [0.15, 0.2) is 0 Å². The third-order valence-corrected chi connectivity index (χ3v) is 3.11. The van der Waals surface area contributed by atoms with E-state index < -0.39 is 23.6 Å². The number of carbonyl (C=O) groups excluding carboxylic acids is 2. The zero-order chi connectivity index (χ0) is 13.9. The molecule has 1 fully saturated rings. The molecule has 2 unspecified atom stereocenters. The van der Waals surface area contributed by atoms with Gasteiger partial charge in [0.2, 0.25) is 0 Å². The molecule has 19 heavy (non-hydrogen) atoms. The van der Waals surface area contributed by atoms with Crippen molar-refractivity contribution in [1.82, 2.24) is 10.6 Å². The second kappa shape index (κ2) is 5.38. The lowest BCUT2D eigenvalue weighted by Crippen LogP contribution is -2.54. The van der Waals surface area contributed by atoms with Crippen molar-refractivity contribution in [3.05, 3.63) is 35.9 Å². The Morgan fingerprint density at radius 1 is 1.32 bits per heavy atom. The van der Waals surface area contributed by atoms with Crippen LogP contribution in [0.3, 0.4) is 0 Å². The molecular formula is C13H16N2O4. The molecule has 1 aromatic rings. The monoisotopic (exact) mass is 264 g/mol. The lowest BCUT2D eigenvalue weighted by molar-refractivity contribution is -0.136. The normalized spacial score (nSPS) is 21.7. The van der Waals surface area contributed by atoms with Gasteiger partial charge in [-0.1, -0.05) is 30.3 Å². The molecule has 0 radical (unpaired) electrons. The minimum absolute atomic E-state index is 0.248. The standard InChI is InChI=1S/C13H16N2O4/c1-13(8-16,10-11(17)15-12(18)14-10)19-7-9-5-3-2-4-6-9/h2-6,10,16H,7-8H2,1H3,(H2,14,15,17,18). The summed E-state index contributed by atoms with van der Waals surface area (Å²) in [4.78, 5) is 22.7. The Kier molecular flexibility index (Phi) is 3.82. The second-order valence-electron chi connectivity index (χ2n) is 4.64. The van der Waals surface area contributed by atoms with Gasteiger partial charge in [0.25, 0.3) is 5.91 Å². The van der Waals surface area contributed by atoms with Crippen LogP contribution in [-0.4, -0.2) is 35.3 Å². The highest BCUT2D eigenvalue weighted by molar-refractivity contribution is 6.04. The van der Waals surface area contributed by atoms with Crippen molar-refractivity contribution >= 4 is 11.9 Å². The highest BCUT2D eigenvalue weighted by atomic mass is 16.5. The van der Waals surface area contributed by atoms with E-state index in [9.17, 15) is 14.7 Å². The summed E-state index contributed by atoms with van der Waals surface area (Å²) in [6.45, 7) is 1.46. The molecule has 3 amide bonds. The molecule has 102 valence electrons. The first-order chi connectivity index (χ1) is 9.05. The SMILES string of the molecule is CC(CO)(OCc1ccccc1)C1NC(=O)NC1=O. The van der Waals surface area contributed by atoms with Crippen LogP contribution in [0.15, 0.2) is 30.3 Å². The predicted molar refractivity (Wildman–Crippen MR) is 67.2 cm³/mol. The Bertz CT molecular complexity index is 477. The van der Waals surface area contributed by atoms with E-state index in [2.05, 4.69) is 10.6 Å². The van der Waals surface area contributed by atoms with Crippen LogP contribution in [0.4, 0.5) is 4.79 Å². The van der Waals surface area contributed by atoms with Gasteiger partial charge in [-0.05, 0) is 12.5 Å². The van der Waals surface area contributed by atoms with Crippen LogP contribution in [0, 0.1) is 0 Å². The number of imide groups is 1. The van der Waals surface area contributed by atoms with Crippen LogP contribution in [0.1, 0.15) is 12.5 Å². The molecule has 6 nitrogen and oxygen atoms in total. The second-order valence-corrected chi connectivity index (χ2v) is 4.64. The van der Waals surface area contributed by atoms with Gasteiger partial charge in [-0.15, -0.1) is 0 Å². The molecule has 3 N–H and O–H groups in total. The van der Waals surface area contributed by atoms with Crippen molar-refractivity contribution in [1.29, 1.82) is 0 Å². The number of urea groups is 1. The van der Waals surface area contributed by atoms with Gasteiger partial charge in [-0.2, -0.15) is 0 Å².